The topological polar surface area (TPSA) is 69.9 Å². The molecule has 0 spiro atoms. The third-order valence-corrected chi connectivity index (χ3v) is 10.2. The van der Waals surface area contributed by atoms with Crippen LogP contribution in [0.25, 0.3) is 117 Å². The summed E-state index contributed by atoms with van der Waals surface area (Å²) in [5, 5.41) is 0.460. The third kappa shape index (κ3) is 4.87. The van der Waals surface area contributed by atoms with Crippen LogP contribution in [0, 0.1) is 0 Å². The van der Waals surface area contributed by atoms with Crippen LogP contribution in [0.3, 0.4) is 0 Å². The molecule has 0 aliphatic rings. The Bertz CT molecular complexity index is 4170. The molecule has 4 heterocycles. The molecule has 8 aromatic carbocycles. The van der Waals surface area contributed by atoms with Gasteiger partial charge in [-0.2, -0.15) is 0 Å². The fraction of sp³-hybridized carbons (Fsp3) is 0. The molecule has 6 nitrogen and oxygen atoms in total. The number of para-hydroxylation sites is 4. The molecule has 12 rings (SSSR count). The van der Waals surface area contributed by atoms with E-state index in [0.29, 0.717) is 33.9 Å². The fourth-order valence-electron chi connectivity index (χ4n) is 7.59. The number of nitrogens with zero attached hydrogens (tertiary/aromatic N) is 4. The molecule has 0 aliphatic heterocycles. The van der Waals surface area contributed by atoms with Crippen molar-refractivity contribution in [3.05, 3.63) is 182 Å². The summed E-state index contributed by atoms with van der Waals surface area (Å²) in [6.45, 7) is 0. The summed E-state index contributed by atoms with van der Waals surface area (Å²) in [5.41, 5.74) is 3.14. The molecular formula is C51H30N4O2. The van der Waals surface area contributed by atoms with E-state index < -0.39 is 0 Å². The Hall–Kier alpha value is -7.83. The van der Waals surface area contributed by atoms with Crippen LogP contribution in [0.1, 0.15) is 16.4 Å². The Morgan fingerprint density at radius 1 is 0.421 bits per heavy atom. The van der Waals surface area contributed by atoms with Crippen molar-refractivity contribution in [2.75, 3.05) is 0 Å². The van der Waals surface area contributed by atoms with Crippen molar-refractivity contribution in [2.45, 2.75) is 0 Å². The summed E-state index contributed by atoms with van der Waals surface area (Å²) in [7, 11) is 0. The highest BCUT2D eigenvalue weighted by Crippen LogP contribution is 2.44. The van der Waals surface area contributed by atoms with Crippen LogP contribution in [0.15, 0.2) is 191 Å². The minimum atomic E-state index is -0.350. The second-order valence-electron chi connectivity index (χ2n) is 13.4. The van der Waals surface area contributed by atoms with Crippen molar-refractivity contribution >= 4 is 65.7 Å². The van der Waals surface area contributed by atoms with E-state index in [1.165, 1.54) is 30.3 Å². The zero-order chi connectivity index (χ0) is 47.9. The Kier molecular flexibility index (Phi) is 4.74. The fourth-order valence-corrected chi connectivity index (χ4v) is 7.59. The van der Waals surface area contributed by atoms with Gasteiger partial charge in [-0.25, -0.2) is 15.0 Å². The maximum Gasteiger partial charge on any atom is 0.166 e. The maximum absolute atomic E-state index is 9.55. The van der Waals surface area contributed by atoms with E-state index in [1.54, 1.807) is 22.8 Å². The molecule has 12 aromatic rings. The molecule has 57 heavy (non-hydrogen) atoms. The van der Waals surface area contributed by atoms with Gasteiger partial charge in [0.25, 0.3) is 0 Å². The molecule has 0 unspecified atom stereocenters. The predicted molar refractivity (Wildman–Crippen MR) is 230 cm³/mol. The largest absolute Gasteiger partial charge is 0.455 e. The normalized spacial score (nSPS) is 14.8. The number of fused-ring (bicyclic) bond motifs is 10. The third-order valence-electron chi connectivity index (χ3n) is 10.2. The summed E-state index contributed by atoms with van der Waals surface area (Å²) < 4.78 is 122. The van der Waals surface area contributed by atoms with E-state index in [-0.39, 0.29) is 155 Å². The molecule has 0 N–H and O–H groups in total. The average molecular weight is 743 g/mol. The van der Waals surface area contributed by atoms with Gasteiger partial charge in [0.05, 0.1) is 33.2 Å². The highest BCUT2D eigenvalue weighted by atomic mass is 16.3. The Morgan fingerprint density at radius 2 is 1.05 bits per heavy atom. The Morgan fingerprint density at radius 3 is 1.84 bits per heavy atom. The molecule has 0 atom stereocenters. The van der Waals surface area contributed by atoms with E-state index in [1.807, 2.05) is 60.7 Å². The van der Waals surface area contributed by atoms with Crippen molar-refractivity contribution in [1.29, 1.82) is 0 Å². The van der Waals surface area contributed by atoms with Crippen LogP contribution in [0.4, 0.5) is 0 Å². The number of hydrogen-bond donors (Lipinski definition) is 0. The van der Waals surface area contributed by atoms with E-state index >= 15 is 0 Å². The van der Waals surface area contributed by atoms with Gasteiger partial charge in [0, 0.05) is 54.6 Å². The molecule has 0 saturated carbocycles. The lowest BCUT2D eigenvalue weighted by atomic mass is 9.98. The minimum absolute atomic E-state index is 0.0166. The van der Waals surface area contributed by atoms with Gasteiger partial charge in [-0.05, 0) is 41.9 Å². The van der Waals surface area contributed by atoms with Crippen LogP contribution in [-0.4, -0.2) is 19.5 Å². The molecule has 0 bridgehead atoms. The number of rotatable bonds is 5. The summed E-state index contributed by atoms with van der Waals surface area (Å²) in [6.07, 6.45) is 0. The molecule has 0 fully saturated rings. The second-order valence-corrected chi connectivity index (χ2v) is 13.4. The lowest BCUT2D eigenvalue weighted by Gasteiger charge is -2.16. The quantitative estimate of drug-likeness (QED) is 0.176. The van der Waals surface area contributed by atoms with E-state index in [4.69, 9.17) is 34.8 Å². The molecule has 0 amide bonds. The first-order valence-corrected chi connectivity index (χ1v) is 18.0. The summed E-state index contributed by atoms with van der Waals surface area (Å²) in [5.74, 6) is 0.721. The molecule has 0 aliphatic carbocycles. The lowest BCUT2D eigenvalue weighted by Crippen LogP contribution is -2.04. The van der Waals surface area contributed by atoms with Crippen LogP contribution >= 0.6 is 0 Å². The molecule has 4 aromatic heterocycles. The summed E-state index contributed by atoms with van der Waals surface area (Å²) in [6, 6.07) is 27.6. The smallest absolute Gasteiger partial charge is 0.166 e. The van der Waals surface area contributed by atoms with E-state index in [2.05, 4.69) is 0 Å². The van der Waals surface area contributed by atoms with Gasteiger partial charge in [-0.15, -0.1) is 0 Å². The highest BCUT2D eigenvalue weighted by Gasteiger charge is 2.24. The van der Waals surface area contributed by atoms with Gasteiger partial charge in [-0.3, -0.25) is 0 Å². The SMILES string of the molecule is [2H]c1ccc2oc3c(c([2H])c([2H])c4c5c([2H])c([2H])cc([2H])c5n(-c5ccc(-c6cc([2H])c([2H])c7c6oc6c([2H])cc([2H])c([2H])c67)cc5-c5nc(-c6ccccc6)nc(-c6ccccc6)n5)c34)c2c1[2H]. The first-order chi connectivity index (χ1) is 33.2. The van der Waals surface area contributed by atoms with Crippen molar-refractivity contribution in [1.82, 2.24) is 19.5 Å². The Labute approximate surface area is 342 Å². The number of furan rings is 2. The van der Waals surface area contributed by atoms with Crippen molar-refractivity contribution in [3.63, 3.8) is 0 Å². The average Bonchev–Trinajstić information content (AvgIpc) is 4.07. The number of benzene rings is 8. The molecular weight excluding hydrogens is 701 g/mol. The first-order valence-electron chi connectivity index (χ1n) is 24.0. The first kappa shape index (κ1) is 21.9. The van der Waals surface area contributed by atoms with Crippen molar-refractivity contribution < 1.29 is 25.3 Å². The van der Waals surface area contributed by atoms with Gasteiger partial charge in [0.15, 0.2) is 23.1 Å². The van der Waals surface area contributed by atoms with Gasteiger partial charge in [0.1, 0.15) is 16.7 Å². The zero-order valence-corrected chi connectivity index (χ0v) is 29.5. The van der Waals surface area contributed by atoms with Crippen molar-refractivity contribution in [3.8, 4) is 51.0 Å². The van der Waals surface area contributed by atoms with Crippen LogP contribution in [0.5, 0.6) is 0 Å². The molecule has 0 saturated heterocycles. The number of hydrogen-bond acceptors (Lipinski definition) is 5. The van der Waals surface area contributed by atoms with Gasteiger partial charge >= 0.3 is 0 Å². The predicted octanol–water partition coefficient (Wildman–Crippen LogP) is 13.4. The van der Waals surface area contributed by atoms with Gasteiger partial charge in [0.2, 0.25) is 0 Å². The molecule has 6 heteroatoms. The minimum Gasteiger partial charge on any atom is -0.455 e. The maximum atomic E-state index is 9.55. The summed E-state index contributed by atoms with van der Waals surface area (Å²) >= 11 is 0. The van der Waals surface area contributed by atoms with Crippen molar-refractivity contribution in [2.24, 2.45) is 0 Å². The summed E-state index contributed by atoms with van der Waals surface area (Å²) in [4.78, 5) is 15.1. The zero-order valence-electron chi connectivity index (χ0n) is 41.5. The molecule has 0 radical (unpaired) electrons. The van der Waals surface area contributed by atoms with Gasteiger partial charge < -0.3 is 13.4 Å². The van der Waals surface area contributed by atoms with E-state index in [0.717, 1.165) is 0 Å². The lowest BCUT2D eigenvalue weighted by molar-refractivity contribution is 0.670. The van der Waals surface area contributed by atoms with Crippen LogP contribution in [0.2, 0.25) is 0 Å². The highest BCUT2D eigenvalue weighted by molar-refractivity contribution is 6.21. The number of aromatic nitrogens is 4. The van der Waals surface area contributed by atoms with Gasteiger partial charge in [-0.1, -0.05) is 145 Å². The molecule has 266 valence electrons. The standard InChI is InChI=1S/C51H30N4O2/c1-3-14-31(15-4-1)49-52-50(32-16-5-2-6-17-32)54-51(53-49)41-30-33(34-21-13-22-39-36-19-8-11-24-44(36)56-47(34)39)26-29-43(41)55-42-23-10-7-18-35(42)38-27-28-40-37-20-9-12-25-45(37)57-48(40)46(38)55/h1-30H/i7D,8D,9D,13D,18D,19D,20D,22D,23D,24D,27D,28D. The monoisotopic (exact) mass is 742 g/mol. The van der Waals surface area contributed by atoms with E-state index in [9.17, 15) is 5.48 Å². The second kappa shape index (κ2) is 12.3. The van der Waals surface area contributed by atoms with Crippen LogP contribution < -0.4 is 0 Å². The Balaban J connectivity index is 1.28. The van der Waals surface area contributed by atoms with Crippen LogP contribution in [-0.2, 0) is 0 Å².